The van der Waals surface area contributed by atoms with Crippen LogP contribution in [0.2, 0.25) is 0 Å². The Hall–Kier alpha value is -4.21. The van der Waals surface area contributed by atoms with Crippen LogP contribution in [0.25, 0.3) is 11.1 Å². The minimum Gasteiger partial charge on any atom is -0.504 e. The average Bonchev–Trinajstić information content (AvgIpc) is 2.90. The molecule has 40 heavy (non-hydrogen) atoms. The minimum atomic E-state index is -3.06. The number of rotatable bonds is 11. The monoisotopic (exact) mass is 555 g/mol. The van der Waals surface area contributed by atoms with Gasteiger partial charge in [0.25, 0.3) is 6.43 Å². The lowest BCUT2D eigenvalue weighted by Crippen LogP contribution is -2.33. The summed E-state index contributed by atoms with van der Waals surface area (Å²) in [4.78, 5) is 29.0. The number of pyridine rings is 1. The number of halogens is 2. The van der Waals surface area contributed by atoms with Crippen molar-refractivity contribution in [1.82, 2.24) is 10.3 Å². The average molecular weight is 556 g/mol. The SMILES string of the molecule is CCCCC(=O)NC(c1ncc(-c2ccc(OCc3ccccc3)cc2)c(NC(=O)OC(C)(C)C)c1O)C(F)F. The van der Waals surface area contributed by atoms with Gasteiger partial charge >= 0.3 is 6.09 Å². The van der Waals surface area contributed by atoms with Crippen molar-refractivity contribution in [2.45, 2.75) is 71.6 Å². The Morgan fingerprint density at radius 2 is 1.73 bits per heavy atom. The van der Waals surface area contributed by atoms with E-state index in [1.807, 2.05) is 37.3 Å². The number of benzene rings is 2. The molecule has 1 aromatic heterocycles. The van der Waals surface area contributed by atoms with Crippen LogP contribution in [0.4, 0.5) is 19.3 Å². The topological polar surface area (TPSA) is 110 Å². The zero-order chi connectivity index (χ0) is 29.3. The number of unbranched alkanes of at least 4 members (excludes halogenated alkanes) is 1. The zero-order valence-electron chi connectivity index (χ0n) is 23.0. The first kappa shape index (κ1) is 30.3. The van der Waals surface area contributed by atoms with Crippen LogP contribution in [0.15, 0.2) is 60.8 Å². The van der Waals surface area contributed by atoms with Gasteiger partial charge in [-0.15, -0.1) is 0 Å². The van der Waals surface area contributed by atoms with Crippen LogP contribution in [0.1, 0.15) is 64.3 Å². The van der Waals surface area contributed by atoms with E-state index in [9.17, 15) is 23.5 Å². The maximum absolute atomic E-state index is 14.0. The van der Waals surface area contributed by atoms with Crippen LogP contribution < -0.4 is 15.4 Å². The van der Waals surface area contributed by atoms with E-state index in [4.69, 9.17) is 9.47 Å². The van der Waals surface area contributed by atoms with Crippen LogP contribution in [-0.2, 0) is 16.1 Å². The van der Waals surface area contributed by atoms with Gasteiger partial charge in [0, 0.05) is 18.2 Å². The summed E-state index contributed by atoms with van der Waals surface area (Å²) in [7, 11) is 0. The van der Waals surface area contributed by atoms with Gasteiger partial charge in [0.1, 0.15) is 29.7 Å². The summed E-state index contributed by atoms with van der Waals surface area (Å²) in [6, 6.07) is 14.5. The van der Waals surface area contributed by atoms with Crippen molar-refractivity contribution < 1.29 is 33.0 Å². The number of nitrogens with zero attached hydrogens (tertiary/aromatic N) is 1. The van der Waals surface area contributed by atoms with E-state index in [1.54, 1.807) is 45.0 Å². The van der Waals surface area contributed by atoms with Crippen molar-refractivity contribution in [2.24, 2.45) is 0 Å². The molecule has 1 unspecified atom stereocenters. The molecule has 0 aliphatic rings. The highest BCUT2D eigenvalue weighted by Crippen LogP contribution is 2.40. The molecule has 0 radical (unpaired) electrons. The number of hydrogen-bond acceptors (Lipinski definition) is 6. The molecule has 0 spiro atoms. The zero-order valence-corrected chi connectivity index (χ0v) is 23.0. The number of carbonyl (C=O) groups excluding carboxylic acids is 2. The third kappa shape index (κ3) is 8.65. The molecular weight excluding hydrogens is 520 g/mol. The van der Waals surface area contributed by atoms with Gasteiger partial charge in [-0.2, -0.15) is 0 Å². The van der Waals surface area contributed by atoms with Crippen LogP contribution in [0, 0.1) is 0 Å². The molecule has 8 nitrogen and oxygen atoms in total. The van der Waals surface area contributed by atoms with Gasteiger partial charge in [-0.25, -0.2) is 13.6 Å². The molecule has 0 bridgehead atoms. The second-order valence-corrected chi connectivity index (χ2v) is 10.2. The summed E-state index contributed by atoms with van der Waals surface area (Å²) in [6.45, 7) is 7.23. The molecule has 3 aromatic rings. The summed E-state index contributed by atoms with van der Waals surface area (Å²) >= 11 is 0. The summed E-state index contributed by atoms with van der Waals surface area (Å²) in [6.07, 6.45) is -1.41. The van der Waals surface area contributed by atoms with E-state index < -0.39 is 41.5 Å². The number of alkyl halides is 2. The van der Waals surface area contributed by atoms with Crippen molar-refractivity contribution in [3.8, 4) is 22.6 Å². The van der Waals surface area contributed by atoms with Gasteiger partial charge in [0.05, 0.1) is 5.69 Å². The van der Waals surface area contributed by atoms with Crippen molar-refractivity contribution >= 4 is 17.7 Å². The first-order chi connectivity index (χ1) is 19.0. The third-order valence-corrected chi connectivity index (χ3v) is 5.74. The summed E-state index contributed by atoms with van der Waals surface area (Å²) in [5.74, 6) is -0.713. The molecule has 2 aromatic carbocycles. The molecule has 214 valence electrons. The Morgan fingerprint density at radius 3 is 2.33 bits per heavy atom. The lowest BCUT2D eigenvalue weighted by Gasteiger charge is -2.23. The molecule has 0 aliphatic heterocycles. The predicted molar refractivity (Wildman–Crippen MR) is 148 cm³/mol. The Balaban J connectivity index is 1.95. The maximum atomic E-state index is 14.0. The Morgan fingerprint density at radius 1 is 1.05 bits per heavy atom. The number of anilines is 1. The molecule has 10 heteroatoms. The standard InChI is InChI=1S/C30H35F2N3O5/c1-5-6-12-23(36)34-26(28(31)32)25-27(37)24(35-29(38)40-30(2,3)4)22(17-33-25)20-13-15-21(16-14-20)39-18-19-10-8-7-9-11-19/h7-11,13-17,26,28,37H,5-6,12,18H2,1-4H3,(H,34,36)(H,33,35,38). The normalized spacial score (nSPS) is 12.1. The highest BCUT2D eigenvalue weighted by molar-refractivity contribution is 5.94. The highest BCUT2D eigenvalue weighted by Gasteiger charge is 2.31. The summed E-state index contributed by atoms with van der Waals surface area (Å²) < 4.78 is 39.2. The van der Waals surface area contributed by atoms with Crippen LogP contribution >= 0.6 is 0 Å². The van der Waals surface area contributed by atoms with E-state index in [0.29, 0.717) is 30.8 Å². The van der Waals surface area contributed by atoms with Crippen LogP contribution in [0.3, 0.4) is 0 Å². The first-order valence-electron chi connectivity index (χ1n) is 13.0. The lowest BCUT2D eigenvalue weighted by atomic mass is 10.0. The Labute approximate surface area is 232 Å². The molecule has 1 atom stereocenters. The minimum absolute atomic E-state index is 0.0558. The lowest BCUT2D eigenvalue weighted by molar-refractivity contribution is -0.123. The second-order valence-electron chi connectivity index (χ2n) is 10.2. The molecule has 0 fully saturated rings. The molecule has 2 amide bonds. The fourth-order valence-electron chi connectivity index (χ4n) is 3.80. The fraction of sp³-hybridized carbons (Fsp3) is 0.367. The number of ether oxygens (including phenoxy) is 2. The number of nitrogens with one attached hydrogen (secondary N) is 2. The number of amides is 2. The Kier molecular flexibility index (Phi) is 10.4. The molecule has 0 saturated heterocycles. The van der Waals surface area contributed by atoms with Gasteiger partial charge in [-0.05, 0) is 50.5 Å². The van der Waals surface area contributed by atoms with Gasteiger partial charge < -0.3 is 19.9 Å². The number of aromatic nitrogens is 1. The van der Waals surface area contributed by atoms with Gasteiger partial charge in [-0.3, -0.25) is 15.1 Å². The van der Waals surface area contributed by atoms with E-state index in [1.165, 1.54) is 6.20 Å². The molecule has 3 rings (SSSR count). The molecule has 3 N–H and O–H groups in total. The second kappa shape index (κ2) is 13.7. The molecule has 0 saturated carbocycles. The summed E-state index contributed by atoms with van der Waals surface area (Å²) in [5, 5.41) is 15.8. The number of hydrogen-bond donors (Lipinski definition) is 3. The summed E-state index contributed by atoms with van der Waals surface area (Å²) in [5.41, 5.74) is 0.269. The van der Waals surface area contributed by atoms with Crippen molar-refractivity contribution in [2.75, 3.05) is 5.32 Å². The van der Waals surface area contributed by atoms with Crippen molar-refractivity contribution in [1.29, 1.82) is 0 Å². The number of aromatic hydroxyl groups is 1. The van der Waals surface area contributed by atoms with Crippen molar-refractivity contribution in [3.63, 3.8) is 0 Å². The molecule has 0 aliphatic carbocycles. The smallest absolute Gasteiger partial charge is 0.412 e. The largest absolute Gasteiger partial charge is 0.504 e. The first-order valence-corrected chi connectivity index (χ1v) is 13.0. The maximum Gasteiger partial charge on any atom is 0.412 e. The Bertz CT molecular complexity index is 1280. The third-order valence-electron chi connectivity index (χ3n) is 5.74. The van der Waals surface area contributed by atoms with E-state index in [0.717, 1.165) is 5.56 Å². The van der Waals surface area contributed by atoms with Gasteiger partial charge in [-0.1, -0.05) is 55.8 Å². The van der Waals surface area contributed by atoms with E-state index in [2.05, 4.69) is 15.6 Å². The quantitative estimate of drug-likeness (QED) is 0.235. The molecule has 1 heterocycles. The fourth-order valence-corrected chi connectivity index (χ4v) is 3.80. The van der Waals surface area contributed by atoms with E-state index in [-0.39, 0.29) is 17.7 Å². The van der Waals surface area contributed by atoms with Crippen LogP contribution in [-0.4, -0.2) is 34.1 Å². The van der Waals surface area contributed by atoms with Crippen molar-refractivity contribution in [3.05, 3.63) is 72.1 Å². The van der Waals surface area contributed by atoms with Gasteiger partial charge in [0.2, 0.25) is 5.91 Å². The van der Waals surface area contributed by atoms with Gasteiger partial charge in [0.15, 0.2) is 5.75 Å². The van der Waals surface area contributed by atoms with Crippen LogP contribution in [0.5, 0.6) is 11.5 Å². The number of carbonyl (C=O) groups is 2. The predicted octanol–water partition coefficient (Wildman–Crippen LogP) is 6.99. The van der Waals surface area contributed by atoms with E-state index >= 15 is 0 Å². The molecular formula is C30H35F2N3O5. The highest BCUT2D eigenvalue weighted by atomic mass is 19.3.